The van der Waals surface area contributed by atoms with Crippen LogP contribution in [0.1, 0.15) is 51.1 Å². The maximum atomic E-state index is 13.5. The number of nitrogens with zero attached hydrogens (tertiary/aromatic N) is 4. The number of carbonyl (C=O) groups excluding carboxylic acids is 2. The molecule has 188 valence electrons. The molecule has 1 aromatic carbocycles. The third kappa shape index (κ3) is 4.27. The Balaban J connectivity index is 1.48. The molecule has 0 spiro atoms. The van der Waals surface area contributed by atoms with Crippen LogP contribution in [0.25, 0.3) is 21.3 Å². The fourth-order valence-corrected chi connectivity index (χ4v) is 5.66. The van der Waals surface area contributed by atoms with Gasteiger partial charge in [-0.05, 0) is 29.2 Å². The number of piperazine rings is 1. The first-order chi connectivity index (χ1) is 17.8. The zero-order valence-electron chi connectivity index (χ0n) is 20.5. The number of nitriles is 1. The lowest BCUT2D eigenvalue weighted by Gasteiger charge is -2.34. The first-order valence-electron chi connectivity index (χ1n) is 11.9. The van der Waals surface area contributed by atoms with E-state index in [-0.39, 0.29) is 34.6 Å². The molecule has 0 radical (unpaired) electrons. The zero-order valence-corrected chi connectivity index (χ0v) is 21.3. The monoisotopic (exact) mass is 514 g/mol. The van der Waals surface area contributed by atoms with E-state index in [1.807, 2.05) is 24.3 Å². The van der Waals surface area contributed by atoms with Crippen molar-refractivity contribution in [3.05, 3.63) is 64.4 Å². The number of thiophene rings is 1. The van der Waals surface area contributed by atoms with Crippen LogP contribution in [0.3, 0.4) is 0 Å². The predicted molar refractivity (Wildman–Crippen MR) is 143 cm³/mol. The van der Waals surface area contributed by atoms with E-state index in [2.05, 4.69) is 24.9 Å². The summed E-state index contributed by atoms with van der Waals surface area (Å²) in [6.07, 6.45) is 1.46. The Labute approximate surface area is 217 Å². The summed E-state index contributed by atoms with van der Waals surface area (Å²) in [5.41, 5.74) is 15.8. The molecular formula is C27H26N6O3S. The van der Waals surface area contributed by atoms with Gasteiger partial charge in [0.05, 0.1) is 12.0 Å². The molecule has 10 heteroatoms. The Morgan fingerprint density at radius 1 is 1.05 bits per heavy atom. The van der Waals surface area contributed by atoms with Crippen LogP contribution in [-0.4, -0.2) is 52.8 Å². The molecule has 1 saturated heterocycles. The van der Waals surface area contributed by atoms with Gasteiger partial charge in [-0.25, -0.2) is 4.98 Å². The van der Waals surface area contributed by atoms with E-state index in [1.54, 1.807) is 21.9 Å². The van der Waals surface area contributed by atoms with Crippen LogP contribution in [0.15, 0.2) is 47.1 Å². The van der Waals surface area contributed by atoms with Crippen LogP contribution in [0, 0.1) is 11.3 Å². The van der Waals surface area contributed by atoms with Gasteiger partial charge in [-0.3, -0.25) is 9.59 Å². The van der Waals surface area contributed by atoms with E-state index in [0.29, 0.717) is 52.8 Å². The van der Waals surface area contributed by atoms with Crippen molar-refractivity contribution in [2.45, 2.75) is 19.8 Å². The predicted octanol–water partition coefficient (Wildman–Crippen LogP) is 4.31. The van der Waals surface area contributed by atoms with Crippen molar-refractivity contribution in [3.63, 3.8) is 0 Å². The van der Waals surface area contributed by atoms with Crippen LogP contribution in [0.5, 0.6) is 0 Å². The van der Waals surface area contributed by atoms with Crippen molar-refractivity contribution < 1.29 is 14.0 Å². The normalized spacial score (nSPS) is 13.8. The molecular weight excluding hydrogens is 488 g/mol. The molecule has 4 N–H and O–H groups in total. The average molecular weight is 515 g/mol. The number of carbonyl (C=O) groups is 2. The minimum absolute atomic E-state index is 0.100. The lowest BCUT2D eigenvalue weighted by molar-refractivity contribution is 0.0521. The number of rotatable bonds is 4. The van der Waals surface area contributed by atoms with Crippen molar-refractivity contribution in [3.8, 4) is 17.2 Å². The number of amides is 2. The Morgan fingerprint density at radius 3 is 2.27 bits per heavy atom. The van der Waals surface area contributed by atoms with Crippen LogP contribution in [-0.2, 0) is 0 Å². The highest BCUT2D eigenvalue weighted by molar-refractivity contribution is 7.21. The molecule has 37 heavy (non-hydrogen) atoms. The van der Waals surface area contributed by atoms with Gasteiger partial charge in [-0.2, -0.15) is 5.26 Å². The molecule has 3 aromatic heterocycles. The number of benzene rings is 1. The molecule has 1 fully saturated rings. The van der Waals surface area contributed by atoms with Gasteiger partial charge in [0.15, 0.2) is 5.76 Å². The summed E-state index contributed by atoms with van der Waals surface area (Å²) in [6, 6.07) is 13.4. The zero-order chi connectivity index (χ0) is 26.3. The Kier molecular flexibility index (Phi) is 6.31. The highest BCUT2D eigenvalue weighted by Gasteiger charge is 2.30. The lowest BCUT2D eigenvalue weighted by Crippen LogP contribution is -2.50. The largest absolute Gasteiger partial charge is 0.459 e. The molecule has 2 amide bonds. The van der Waals surface area contributed by atoms with Gasteiger partial charge in [-0.1, -0.05) is 38.1 Å². The number of nitrogen functional groups attached to an aromatic ring is 2. The van der Waals surface area contributed by atoms with E-state index in [0.717, 1.165) is 5.56 Å². The fourth-order valence-electron chi connectivity index (χ4n) is 4.58. The highest BCUT2D eigenvalue weighted by atomic mass is 32.1. The van der Waals surface area contributed by atoms with Crippen molar-refractivity contribution >= 4 is 44.9 Å². The van der Waals surface area contributed by atoms with E-state index >= 15 is 0 Å². The molecule has 5 rings (SSSR count). The van der Waals surface area contributed by atoms with Gasteiger partial charge < -0.3 is 25.7 Å². The minimum Gasteiger partial charge on any atom is -0.459 e. The molecule has 0 atom stereocenters. The third-order valence-corrected chi connectivity index (χ3v) is 7.75. The van der Waals surface area contributed by atoms with Gasteiger partial charge >= 0.3 is 0 Å². The number of furan rings is 1. The highest BCUT2D eigenvalue weighted by Crippen LogP contribution is 2.43. The Morgan fingerprint density at radius 2 is 1.70 bits per heavy atom. The summed E-state index contributed by atoms with van der Waals surface area (Å²) < 4.78 is 5.21. The average Bonchev–Trinajstić information content (AvgIpc) is 3.56. The minimum atomic E-state index is -0.233. The number of hydrogen-bond acceptors (Lipinski definition) is 8. The summed E-state index contributed by atoms with van der Waals surface area (Å²) in [6.45, 7) is 5.71. The number of aromatic nitrogens is 1. The van der Waals surface area contributed by atoms with Crippen molar-refractivity contribution in [1.82, 2.24) is 14.8 Å². The van der Waals surface area contributed by atoms with E-state index in [9.17, 15) is 14.9 Å². The third-order valence-electron chi connectivity index (χ3n) is 6.66. The first kappa shape index (κ1) is 24.3. The van der Waals surface area contributed by atoms with Gasteiger partial charge in [0.25, 0.3) is 11.8 Å². The number of anilines is 2. The molecule has 4 aromatic rings. The number of pyridine rings is 1. The molecule has 4 heterocycles. The number of fused-ring (bicyclic) bond motifs is 1. The maximum Gasteiger partial charge on any atom is 0.289 e. The van der Waals surface area contributed by atoms with Crippen LogP contribution in [0.2, 0.25) is 0 Å². The molecule has 0 saturated carbocycles. The van der Waals surface area contributed by atoms with Gasteiger partial charge in [0, 0.05) is 37.1 Å². The molecule has 9 nitrogen and oxygen atoms in total. The molecule has 1 aliphatic heterocycles. The molecule has 0 bridgehead atoms. The number of hydrogen-bond donors (Lipinski definition) is 2. The lowest BCUT2D eigenvalue weighted by atomic mass is 9.94. The summed E-state index contributed by atoms with van der Waals surface area (Å²) >= 11 is 1.17. The van der Waals surface area contributed by atoms with Crippen LogP contribution >= 0.6 is 11.3 Å². The summed E-state index contributed by atoms with van der Waals surface area (Å²) in [7, 11) is 0. The second kappa shape index (κ2) is 9.59. The second-order valence-electron chi connectivity index (χ2n) is 9.22. The fraction of sp³-hybridized carbons (Fsp3) is 0.259. The smallest absolute Gasteiger partial charge is 0.289 e. The summed E-state index contributed by atoms with van der Waals surface area (Å²) in [5.74, 6) is 0.305. The van der Waals surface area contributed by atoms with Crippen molar-refractivity contribution in [2.24, 2.45) is 0 Å². The van der Waals surface area contributed by atoms with Gasteiger partial charge in [0.2, 0.25) is 0 Å². The van der Waals surface area contributed by atoms with E-state index in [1.165, 1.54) is 23.2 Å². The van der Waals surface area contributed by atoms with Crippen LogP contribution < -0.4 is 11.5 Å². The van der Waals surface area contributed by atoms with Crippen LogP contribution in [0.4, 0.5) is 11.5 Å². The number of nitrogens with two attached hydrogens (primary N) is 2. The van der Waals surface area contributed by atoms with Gasteiger partial charge in [-0.15, -0.1) is 11.3 Å². The Bertz CT molecular complexity index is 1530. The first-order valence-corrected chi connectivity index (χ1v) is 12.8. The van der Waals surface area contributed by atoms with E-state index < -0.39 is 0 Å². The SMILES string of the molecule is CC(C)c1ccc(-c2c(C#N)c(N)nc3sc(C(=O)N4CCN(C(=O)c5ccco5)CC4)c(N)c23)cc1. The molecule has 0 unspecified atom stereocenters. The van der Waals surface area contributed by atoms with Crippen molar-refractivity contribution in [1.29, 1.82) is 5.26 Å². The van der Waals surface area contributed by atoms with E-state index in [4.69, 9.17) is 15.9 Å². The second-order valence-corrected chi connectivity index (χ2v) is 10.2. The Hall–Kier alpha value is -4.36. The summed E-state index contributed by atoms with van der Waals surface area (Å²) in [5, 5.41) is 10.4. The quantitative estimate of drug-likeness (QED) is 0.413. The van der Waals surface area contributed by atoms with Gasteiger partial charge in [0.1, 0.15) is 27.2 Å². The summed E-state index contributed by atoms with van der Waals surface area (Å²) in [4.78, 5) is 34.7. The topological polar surface area (TPSA) is 142 Å². The maximum absolute atomic E-state index is 13.5. The van der Waals surface area contributed by atoms with Crippen molar-refractivity contribution in [2.75, 3.05) is 37.6 Å². The molecule has 1 aliphatic rings. The standard InChI is InChI=1S/C27H26N6O3S/c1-15(2)16-5-7-17(8-6-16)20-18(14-28)24(30)31-25-21(20)22(29)23(37-25)27(35)33-11-9-32(10-12-33)26(34)19-4-3-13-36-19/h3-8,13,15H,9-12,29H2,1-2H3,(H2,30,31). The molecule has 0 aliphatic carbocycles.